The van der Waals surface area contributed by atoms with Crippen LogP contribution in [0, 0.1) is 12.8 Å². The van der Waals surface area contributed by atoms with Gasteiger partial charge in [0, 0.05) is 43.6 Å². The van der Waals surface area contributed by atoms with Gasteiger partial charge >= 0.3 is 0 Å². The van der Waals surface area contributed by atoms with Crippen LogP contribution in [0.1, 0.15) is 44.2 Å². The number of piperazine rings is 1. The van der Waals surface area contributed by atoms with Gasteiger partial charge in [-0.05, 0) is 50.2 Å². The number of aryl methyl sites for hydroxylation is 1. The van der Waals surface area contributed by atoms with E-state index in [0.717, 1.165) is 25.6 Å². The average Bonchev–Trinajstić information content (AvgIpc) is 3.26. The zero-order valence-corrected chi connectivity index (χ0v) is 13.0. The highest BCUT2D eigenvalue weighted by Crippen LogP contribution is 2.44. The summed E-state index contributed by atoms with van der Waals surface area (Å²) in [5, 5.41) is 3.75. The van der Waals surface area contributed by atoms with Crippen molar-refractivity contribution in [3.63, 3.8) is 0 Å². The lowest BCUT2D eigenvalue weighted by Crippen LogP contribution is -2.63. The highest BCUT2D eigenvalue weighted by atomic mass is 15.3. The van der Waals surface area contributed by atoms with Crippen LogP contribution >= 0.6 is 0 Å². The predicted octanol–water partition coefficient (Wildman–Crippen LogP) is 2.74. The van der Waals surface area contributed by atoms with E-state index in [1.807, 2.05) is 12.4 Å². The van der Waals surface area contributed by atoms with E-state index in [-0.39, 0.29) is 0 Å². The first-order valence-electron chi connectivity index (χ1n) is 8.01. The summed E-state index contributed by atoms with van der Waals surface area (Å²) in [5.41, 5.74) is 2.95. The van der Waals surface area contributed by atoms with E-state index in [9.17, 15) is 0 Å². The first kappa shape index (κ1) is 14.0. The monoisotopic (exact) mass is 273 g/mol. The molecule has 0 bridgehead atoms. The number of nitrogens with zero attached hydrogens (tertiary/aromatic N) is 2. The quantitative estimate of drug-likeness (QED) is 0.914. The van der Waals surface area contributed by atoms with Crippen molar-refractivity contribution in [2.75, 3.05) is 13.1 Å². The van der Waals surface area contributed by atoms with Gasteiger partial charge in [-0.3, -0.25) is 9.88 Å². The van der Waals surface area contributed by atoms with Crippen LogP contribution in [-0.2, 0) is 6.54 Å². The van der Waals surface area contributed by atoms with Crippen LogP contribution in [0.25, 0.3) is 0 Å². The molecule has 0 aromatic carbocycles. The molecule has 2 heterocycles. The molecule has 3 rings (SSSR count). The van der Waals surface area contributed by atoms with Crippen molar-refractivity contribution >= 4 is 0 Å². The molecule has 1 aliphatic heterocycles. The smallest absolute Gasteiger partial charge is 0.0338 e. The first-order valence-corrected chi connectivity index (χ1v) is 8.01. The number of hydrogen-bond acceptors (Lipinski definition) is 3. The van der Waals surface area contributed by atoms with Crippen molar-refractivity contribution in [3.05, 3.63) is 29.6 Å². The fourth-order valence-corrected chi connectivity index (χ4v) is 3.55. The Balaban J connectivity index is 1.78. The Hall–Kier alpha value is -0.930. The summed E-state index contributed by atoms with van der Waals surface area (Å²) in [4.78, 5) is 7.07. The van der Waals surface area contributed by atoms with Gasteiger partial charge in [0.25, 0.3) is 0 Å². The molecule has 1 saturated carbocycles. The lowest BCUT2D eigenvalue weighted by Gasteiger charge is -2.48. The highest BCUT2D eigenvalue weighted by Gasteiger charge is 2.47. The molecule has 2 aliphatic rings. The molecule has 0 radical (unpaired) electrons. The number of nitrogens with one attached hydrogen (secondary N) is 1. The van der Waals surface area contributed by atoms with Crippen molar-refractivity contribution in [3.8, 4) is 0 Å². The third-order valence-electron chi connectivity index (χ3n) is 5.17. The predicted molar refractivity (Wildman–Crippen MR) is 82.6 cm³/mol. The van der Waals surface area contributed by atoms with Crippen LogP contribution < -0.4 is 5.32 Å². The fourth-order valence-electron chi connectivity index (χ4n) is 3.55. The van der Waals surface area contributed by atoms with E-state index in [1.54, 1.807) is 0 Å². The molecule has 110 valence electrons. The number of pyridine rings is 1. The lowest BCUT2D eigenvalue weighted by atomic mass is 9.88. The Morgan fingerprint density at radius 3 is 2.85 bits per heavy atom. The van der Waals surface area contributed by atoms with Gasteiger partial charge in [0.1, 0.15) is 0 Å². The molecule has 0 spiro atoms. The molecular formula is C17H27N3. The largest absolute Gasteiger partial charge is 0.311 e. The summed E-state index contributed by atoms with van der Waals surface area (Å²) >= 11 is 0. The van der Waals surface area contributed by atoms with E-state index in [2.05, 4.69) is 42.0 Å². The second-order valence-corrected chi connectivity index (χ2v) is 6.87. The molecule has 1 aromatic rings. The van der Waals surface area contributed by atoms with E-state index in [0.29, 0.717) is 11.6 Å². The van der Waals surface area contributed by atoms with E-state index in [4.69, 9.17) is 0 Å². The van der Waals surface area contributed by atoms with Gasteiger partial charge in [0.2, 0.25) is 0 Å². The summed E-state index contributed by atoms with van der Waals surface area (Å²) in [7, 11) is 0. The third kappa shape index (κ3) is 2.75. The van der Waals surface area contributed by atoms with Gasteiger partial charge in [-0.15, -0.1) is 0 Å². The fraction of sp³-hybridized carbons (Fsp3) is 0.706. The van der Waals surface area contributed by atoms with Crippen LogP contribution in [-0.4, -0.2) is 34.6 Å². The van der Waals surface area contributed by atoms with Crippen LogP contribution in [0.5, 0.6) is 0 Å². The van der Waals surface area contributed by atoms with Gasteiger partial charge < -0.3 is 5.32 Å². The maximum atomic E-state index is 4.35. The van der Waals surface area contributed by atoms with Crippen LogP contribution in [0.4, 0.5) is 0 Å². The van der Waals surface area contributed by atoms with Crippen LogP contribution in [0.3, 0.4) is 0 Å². The molecule has 1 aromatic heterocycles. The van der Waals surface area contributed by atoms with Gasteiger partial charge in [0.15, 0.2) is 0 Å². The van der Waals surface area contributed by atoms with Crippen LogP contribution in [0.15, 0.2) is 18.5 Å². The number of rotatable bonds is 4. The average molecular weight is 273 g/mol. The summed E-state index contributed by atoms with van der Waals surface area (Å²) < 4.78 is 0. The standard InChI is InChI=1S/C17H27N3/c1-4-16-11-20(10-14-7-13(2)8-18-9-14)17(3,12-19-16)15-5-6-15/h7-9,15-16,19H,4-6,10-12H2,1-3H3. The van der Waals surface area contributed by atoms with Crippen LogP contribution in [0.2, 0.25) is 0 Å². The molecule has 20 heavy (non-hydrogen) atoms. The molecule has 0 amide bonds. The summed E-state index contributed by atoms with van der Waals surface area (Å²) in [6.07, 6.45) is 7.98. The Morgan fingerprint density at radius 2 is 2.20 bits per heavy atom. The van der Waals surface area contributed by atoms with Crippen molar-refractivity contribution < 1.29 is 0 Å². The number of hydrogen-bond donors (Lipinski definition) is 1. The Bertz CT molecular complexity index is 469. The van der Waals surface area contributed by atoms with Gasteiger partial charge in [-0.1, -0.05) is 13.0 Å². The second-order valence-electron chi connectivity index (χ2n) is 6.87. The summed E-state index contributed by atoms with van der Waals surface area (Å²) in [6.45, 7) is 10.2. The zero-order chi connectivity index (χ0) is 14.2. The molecule has 2 unspecified atom stereocenters. The minimum absolute atomic E-state index is 0.329. The van der Waals surface area contributed by atoms with Crippen molar-refractivity contribution in [2.45, 2.75) is 58.2 Å². The molecule has 1 N–H and O–H groups in total. The molecule has 1 aliphatic carbocycles. The SMILES string of the molecule is CCC1CN(Cc2cncc(C)c2)C(C)(C2CC2)CN1. The first-order chi connectivity index (χ1) is 9.61. The second kappa shape index (κ2) is 5.45. The van der Waals surface area contributed by atoms with Gasteiger partial charge in [-0.2, -0.15) is 0 Å². The van der Waals surface area contributed by atoms with Gasteiger partial charge in [-0.25, -0.2) is 0 Å². The minimum Gasteiger partial charge on any atom is -0.311 e. The Morgan fingerprint density at radius 1 is 1.40 bits per heavy atom. The Kier molecular flexibility index (Phi) is 3.83. The van der Waals surface area contributed by atoms with Crippen molar-refractivity contribution in [1.29, 1.82) is 0 Å². The van der Waals surface area contributed by atoms with Crippen molar-refractivity contribution in [2.24, 2.45) is 5.92 Å². The highest BCUT2D eigenvalue weighted by molar-refractivity contribution is 5.18. The van der Waals surface area contributed by atoms with Crippen molar-refractivity contribution in [1.82, 2.24) is 15.2 Å². The third-order valence-corrected chi connectivity index (χ3v) is 5.17. The Labute approximate surface area is 122 Å². The minimum atomic E-state index is 0.329. The number of aromatic nitrogens is 1. The molecule has 2 fully saturated rings. The topological polar surface area (TPSA) is 28.2 Å². The molecule has 1 saturated heterocycles. The summed E-state index contributed by atoms with van der Waals surface area (Å²) in [5.74, 6) is 0.880. The lowest BCUT2D eigenvalue weighted by molar-refractivity contribution is 0.0270. The summed E-state index contributed by atoms with van der Waals surface area (Å²) in [6, 6.07) is 2.92. The zero-order valence-electron chi connectivity index (χ0n) is 13.0. The molecule has 3 nitrogen and oxygen atoms in total. The van der Waals surface area contributed by atoms with Gasteiger partial charge in [0.05, 0.1) is 0 Å². The maximum Gasteiger partial charge on any atom is 0.0338 e. The van der Waals surface area contributed by atoms with E-state index in [1.165, 1.54) is 30.4 Å². The maximum absolute atomic E-state index is 4.35. The molecular weight excluding hydrogens is 246 g/mol. The van der Waals surface area contributed by atoms with E-state index < -0.39 is 0 Å². The van der Waals surface area contributed by atoms with E-state index >= 15 is 0 Å². The normalized spacial score (nSPS) is 31.4. The molecule has 3 heteroatoms. The molecule has 2 atom stereocenters.